The minimum Gasteiger partial charge on any atom is -0.319 e. The van der Waals surface area contributed by atoms with Crippen molar-refractivity contribution in [1.82, 2.24) is 5.32 Å². The lowest BCUT2D eigenvalue weighted by molar-refractivity contribution is 0.554. The summed E-state index contributed by atoms with van der Waals surface area (Å²) in [6, 6.07) is 8.26. The SMILES string of the molecule is CCC1CC1(CNC)c1ccccc1Cl. The molecular weight excluding hydrogens is 206 g/mol. The van der Waals surface area contributed by atoms with Crippen LogP contribution in [0.2, 0.25) is 5.02 Å². The van der Waals surface area contributed by atoms with Crippen molar-refractivity contribution in [2.45, 2.75) is 25.2 Å². The van der Waals surface area contributed by atoms with Crippen molar-refractivity contribution in [2.24, 2.45) is 5.92 Å². The Balaban J connectivity index is 2.31. The minimum atomic E-state index is 0.307. The molecule has 1 aliphatic rings. The Morgan fingerprint density at radius 3 is 2.73 bits per heavy atom. The summed E-state index contributed by atoms with van der Waals surface area (Å²) in [6.07, 6.45) is 2.51. The Morgan fingerprint density at radius 1 is 1.47 bits per heavy atom. The van der Waals surface area contributed by atoms with E-state index in [-0.39, 0.29) is 0 Å². The Labute approximate surface area is 96.8 Å². The third kappa shape index (κ3) is 1.79. The average molecular weight is 224 g/mol. The highest BCUT2D eigenvalue weighted by Gasteiger charge is 2.54. The lowest BCUT2D eigenvalue weighted by Crippen LogP contribution is -2.26. The molecule has 1 aliphatic carbocycles. The van der Waals surface area contributed by atoms with Crippen molar-refractivity contribution < 1.29 is 0 Å². The predicted molar refractivity (Wildman–Crippen MR) is 65.5 cm³/mol. The van der Waals surface area contributed by atoms with Gasteiger partial charge < -0.3 is 5.32 Å². The molecule has 2 unspecified atom stereocenters. The van der Waals surface area contributed by atoms with Gasteiger partial charge in [0.15, 0.2) is 0 Å². The maximum Gasteiger partial charge on any atom is 0.0444 e. The maximum atomic E-state index is 6.28. The topological polar surface area (TPSA) is 12.0 Å². The van der Waals surface area contributed by atoms with Crippen LogP contribution in [-0.2, 0) is 5.41 Å². The first-order chi connectivity index (χ1) is 7.24. The summed E-state index contributed by atoms with van der Waals surface area (Å²) >= 11 is 6.28. The summed E-state index contributed by atoms with van der Waals surface area (Å²) < 4.78 is 0. The van der Waals surface area contributed by atoms with Crippen LogP contribution in [0.15, 0.2) is 24.3 Å². The molecule has 1 N–H and O–H groups in total. The quantitative estimate of drug-likeness (QED) is 0.827. The number of hydrogen-bond acceptors (Lipinski definition) is 1. The number of rotatable bonds is 4. The molecule has 0 spiro atoms. The molecule has 15 heavy (non-hydrogen) atoms. The number of hydrogen-bond donors (Lipinski definition) is 1. The highest BCUT2D eigenvalue weighted by Crippen LogP contribution is 2.57. The first kappa shape index (κ1) is 11.0. The van der Waals surface area contributed by atoms with Crippen molar-refractivity contribution in [3.63, 3.8) is 0 Å². The third-order valence-electron chi connectivity index (χ3n) is 3.63. The maximum absolute atomic E-state index is 6.28. The lowest BCUT2D eigenvalue weighted by atomic mass is 9.92. The normalized spacial score (nSPS) is 29.1. The molecule has 0 aromatic heterocycles. The number of nitrogens with one attached hydrogen (secondary N) is 1. The smallest absolute Gasteiger partial charge is 0.0444 e. The van der Waals surface area contributed by atoms with Gasteiger partial charge in [-0.25, -0.2) is 0 Å². The van der Waals surface area contributed by atoms with Crippen molar-refractivity contribution >= 4 is 11.6 Å². The Hall–Kier alpha value is -0.530. The summed E-state index contributed by atoms with van der Waals surface area (Å²) in [7, 11) is 2.02. The van der Waals surface area contributed by atoms with E-state index in [1.807, 2.05) is 19.2 Å². The first-order valence-electron chi connectivity index (χ1n) is 5.64. The second-order valence-corrected chi connectivity index (χ2v) is 4.88. The first-order valence-corrected chi connectivity index (χ1v) is 6.02. The van der Waals surface area contributed by atoms with Gasteiger partial charge in [0, 0.05) is 17.0 Å². The minimum absolute atomic E-state index is 0.307. The van der Waals surface area contributed by atoms with Gasteiger partial charge in [0.2, 0.25) is 0 Å². The zero-order valence-corrected chi connectivity index (χ0v) is 10.1. The molecule has 1 aromatic carbocycles. The zero-order chi connectivity index (χ0) is 10.9. The molecule has 0 saturated heterocycles. The van der Waals surface area contributed by atoms with Crippen LogP contribution in [0, 0.1) is 5.92 Å². The molecule has 82 valence electrons. The van der Waals surface area contributed by atoms with E-state index in [1.165, 1.54) is 18.4 Å². The van der Waals surface area contributed by atoms with Crippen LogP contribution in [0.25, 0.3) is 0 Å². The van der Waals surface area contributed by atoms with E-state index < -0.39 is 0 Å². The molecule has 1 fully saturated rings. The fourth-order valence-corrected chi connectivity index (χ4v) is 3.06. The van der Waals surface area contributed by atoms with Gasteiger partial charge in [-0.3, -0.25) is 0 Å². The van der Waals surface area contributed by atoms with Gasteiger partial charge in [0.25, 0.3) is 0 Å². The molecule has 1 saturated carbocycles. The van der Waals surface area contributed by atoms with Gasteiger partial charge in [-0.05, 0) is 31.0 Å². The summed E-state index contributed by atoms with van der Waals surface area (Å²) in [4.78, 5) is 0. The van der Waals surface area contributed by atoms with E-state index in [0.29, 0.717) is 5.41 Å². The van der Waals surface area contributed by atoms with Crippen LogP contribution in [0.5, 0.6) is 0 Å². The molecule has 0 heterocycles. The summed E-state index contributed by atoms with van der Waals surface area (Å²) in [6.45, 7) is 3.30. The monoisotopic (exact) mass is 223 g/mol. The average Bonchev–Trinajstić information content (AvgIpc) is 2.94. The number of benzene rings is 1. The van der Waals surface area contributed by atoms with Gasteiger partial charge in [-0.15, -0.1) is 0 Å². The molecule has 2 rings (SSSR count). The van der Waals surface area contributed by atoms with Gasteiger partial charge in [-0.2, -0.15) is 0 Å². The molecule has 1 aromatic rings. The second-order valence-electron chi connectivity index (χ2n) is 4.48. The van der Waals surface area contributed by atoms with Crippen molar-refractivity contribution in [2.75, 3.05) is 13.6 Å². The van der Waals surface area contributed by atoms with E-state index >= 15 is 0 Å². The van der Waals surface area contributed by atoms with E-state index in [0.717, 1.165) is 17.5 Å². The van der Waals surface area contributed by atoms with E-state index in [1.54, 1.807) is 0 Å². The summed E-state index contributed by atoms with van der Waals surface area (Å²) in [5, 5.41) is 4.22. The molecular formula is C13H18ClN. The van der Waals surface area contributed by atoms with E-state index in [2.05, 4.69) is 24.4 Å². The molecule has 0 radical (unpaired) electrons. The van der Waals surface area contributed by atoms with Crippen LogP contribution in [-0.4, -0.2) is 13.6 Å². The fraction of sp³-hybridized carbons (Fsp3) is 0.538. The van der Waals surface area contributed by atoms with Gasteiger partial charge in [0.1, 0.15) is 0 Å². The lowest BCUT2D eigenvalue weighted by Gasteiger charge is -2.18. The molecule has 0 bridgehead atoms. The zero-order valence-electron chi connectivity index (χ0n) is 9.39. The van der Waals surface area contributed by atoms with E-state index in [4.69, 9.17) is 11.6 Å². The molecule has 0 amide bonds. The van der Waals surface area contributed by atoms with Crippen LogP contribution in [0.1, 0.15) is 25.3 Å². The predicted octanol–water partition coefficient (Wildman–Crippen LogP) is 3.23. The van der Waals surface area contributed by atoms with E-state index in [9.17, 15) is 0 Å². The summed E-state index contributed by atoms with van der Waals surface area (Å²) in [5.41, 5.74) is 1.63. The number of likely N-dealkylation sites (N-methyl/N-ethyl adjacent to an activating group) is 1. The van der Waals surface area contributed by atoms with Crippen molar-refractivity contribution in [1.29, 1.82) is 0 Å². The molecule has 0 aliphatic heterocycles. The third-order valence-corrected chi connectivity index (χ3v) is 3.96. The van der Waals surface area contributed by atoms with Crippen molar-refractivity contribution in [3.05, 3.63) is 34.9 Å². The van der Waals surface area contributed by atoms with Gasteiger partial charge in [0.05, 0.1) is 0 Å². The molecule has 2 atom stereocenters. The Kier molecular flexibility index (Phi) is 3.03. The largest absolute Gasteiger partial charge is 0.319 e. The molecule has 2 heteroatoms. The van der Waals surface area contributed by atoms with Gasteiger partial charge >= 0.3 is 0 Å². The van der Waals surface area contributed by atoms with Crippen LogP contribution < -0.4 is 5.32 Å². The Bertz CT molecular complexity index is 350. The second kappa shape index (κ2) is 4.15. The van der Waals surface area contributed by atoms with Crippen molar-refractivity contribution in [3.8, 4) is 0 Å². The fourth-order valence-electron chi connectivity index (χ4n) is 2.74. The van der Waals surface area contributed by atoms with Crippen LogP contribution in [0.3, 0.4) is 0 Å². The summed E-state index contributed by atoms with van der Waals surface area (Å²) in [5.74, 6) is 0.796. The van der Waals surface area contributed by atoms with Crippen LogP contribution >= 0.6 is 11.6 Å². The molecule has 1 nitrogen and oxygen atoms in total. The van der Waals surface area contributed by atoms with Crippen LogP contribution in [0.4, 0.5) is 0 Å². The van der Waals surface area contributed by atoms with Gasteiger partial charge in [-0.1, -0.05) is 43.1 Å². The Morgan fingerprint density at radius 2 is 2.20 bits per heavy atom. The highest BCUT2D eigenvalue weighted by molar-refractivity contribution is 6.31. The standard InChI is InChI=1S/C13H18ClN/c1-3-10-8-13(10,9-15-2)11-6-4-5-7-12(11)14/h4-7,10,15H,3,8-9H2,1-2H3. The highest BCUT2D eigenvalue weighted by atomic mass is 35.5. The number of halogens is 1.